The fraction of sp³-hybridized carbons (Fsp3) is 0.111. The zero-order chi connectivity index (χ0) is 21.1. The molecule has 0 bridgehead atoms. The minimum Gasteiger partial charge on any atom is -0.511 e. The minimum absolute atomic E-state index is 0.128. The van der Waals surface area contributed by atoms with E-state index in [1.165, 1.54) is 6.08 Å². The molecule has 1 aliphatic carbocycles. The predicted molar refractivity (Wildman–Crippen MR) is 118 cm³/mol. The van der Waals surface area contributed by atoms with Crippen molar-refractivity contribution < 1.29 is 14.7 Å². The molecular formula is C27H22O3. The van der Waals surface area contributed by atoms with E-state index in [0.29, 0.717) is 11.1 Å². The summed E-state index contributed by atoms with van der Waals surface area (Å²) in [6.45, 7) is 1.98. The van der Waals surface area contributed by atoms with Crippen molar-refractivity contribution in [1.82, 2.24) is 0 Å². The number of rotatable bonds is 5. The summed E-state index contributed by atoms with van der Waals surface area (Å²) in [6.07, 6.45) is 5.14. The summed E-state index contributed by atoms with van der Waals surface area (Å²) in [5.74, 6) is -1.92. The van der Waals surface area contributed by atoms with Gasteiger partial charge in [0.15, 0.2) is 0 Å². The van der Waals surface area contributed by atoms with Gasteiger partial charge in [-0.2, -0.15) is 0 Å². The summed E-state index contributed by atoms with van der Waals surface area (Å²) < 4.78 is 0. The summed E-state index contributed by atoms with van der Waals surface area (Å²) in [6, 6.07) is 25.4. The molecule has 0 fully saturated rings. The Hall–Kier alpha value is -3.72. The molecule has 1 N–H and O–H groups in total. The third-order valence-electron chi connectivity index (χ3n) is 5.66. The van der Waals surface area contributed by atoms with Crippen LogP contribution in [0.1, 0.15) is 33.0 Å². The van der Waals surface area contributed by atoms with Crippen molar-refractivity contribution in [1.29, 1.82) is 0 Å². The lowest BCUT2D eigenvalue weighted by Gasteiger charge is -2.39. The molecule has 2 atom stereocenters. The first kappa shape index (κ1) is 19.6. The topological polar surface area (TPSA) is 54.4 Å². The number of aliphatic hydroxyl groups excluding tert-OH is 1. The number of ketones is 2. The van der Waals surface area contributed by atoms with Gasteiger partial charge in [-0.05, 0) is 24.1 Å². The van der Waals surface area contributed by atoms with Crippen molar-refractivity contribution in [2.75, 3.05) is 0 Å². The molecule has 3 heteroatoms. The molecule has 0 aliphatic heterocycles. The van der Waals surface area contributed by atoms with Gasteiger partial charge in [-0.15, -0.1) is 0 Å². The lowest BCUT2D eigenvalue weighted by Crippen LogP contribution is -2.47. The summed E-state index contributed by atoms with van der Waals surface area (Å²) in [5, 5.41) is 11.2. The summed E-state index contributed by atoms with van der Waals surface area (Å²) in [5.41, 5.74) is 1.27. The summed E-state index contributed by atoms with van der Waals surface area (Å²) in [7, 11) is 0. The molecule has 3 nitrogen and oxygen atoms in total. The fourth-order valence-electron chi connectivity index (χ4n) is 4.23. The average Bonchev–Trinajstić information content (AvgIpc) is 2.79. The second kappa shape index (κ2) is 7.96. The SMILES string of the molecule is Cc1cccc(C2C=CC=C(O)C2(C(=O)C(=O)c2ccccc2)c2ccccc2)c1. The molecule has 4 rings (SSSR count). The number of carbonyl (C=O) groups excluding carboxylic acids is 2. The molecule has 0 saturated carbocycles. The second-order valence-electron chi connectivity index (χ2n) is 7.53. The molecule has 1 aliphatic rings. The van der Waals surface area contributed by atoms with Crippen LogP contribution in [0.15, 0.2) is 109 Å². The van der Waals surface area contributed by atoms with Crippen LogP contribution >= 0.6 is 0 Å². The Morgan fingerprint density at radius 3 is 2.20 bits per heavy atom. The highest BCUT2D eigenvalue weighted by atomic mass is 16.3. The lowest BCUT2D eigenvalue weighted by atomic mass is 9.61. The van der Waals surface area contributed by atoms with Crippen molar-refractivity contribution in [2.45, 2.75) is 18.3 Å². The van der Waals surface area contributed by atoms with Crippen LogP contribution < -0.4 is 0 Å². The van der Waals surface area contributed by atoms with Gasteiger partial charge in [-0.3, -0.25) is 9.59 Å². The average molecular weight is 394 g/mol. The maximum atomic E-state index is 13.9. The zero-order valence-corrected chi connectivity index (χ0v) is 16.7. The maximum Gasteiger partial charge on any atom is 0.230 e. The van der Waals surface area contributed by atoms with E-state index < -0.39 is 22.9 Å². The molecule has 0 saturated heterocycles. The Balaban J connectivity index is 1.96. The highest BCUT2D eigenvalue weighted by molar-refractivity contribution is 6.47. The van der Waals surface area contributed by atoms with E-state index in [0.717, 1.165) is 11.1 Å². The van der Waals surface area contributed by atoms with Crippen LogP contribution in [0.25, 0.3) is 0 Å². The van der Waals surface area contributed by atoms with Crippen LogP contribution in [0.2, 0.25) is 0 Å². The van der Waals surface area contributed by atoms with Gasteiger partial charge in [0.1, 0.15) is 11.2 Å². The van der Waals surface area contributed by atoms with Gasteiger partial charge in [0.25, 0.3) is 0 Å². The van der Waals surface area contributed by atoms with Gasteiger partial charge in [0.05, 0.1) is 0 Å². The van der Waals surface area contributed by atoms with Crippen LogP contribution in [0.5, 0.6) is 0 Å². The van der Waals surface area contributed by atoms with E-state index in [1.807, 2.05) is 55.5 Å². The van der Waals surface area contributed by atoms with Gasteiger partial charge >= 0.3 is 0 Å². The van der Waals surface area contributed by atoms with Gasteiger partial charge in [0, 0.05) is 11.5 Å². The predicted octanol–water partition coefficient (Wildman–Crippen LogP) is 5.48. The number of Topliss-reactive ketones (excluding diaryl/α,β-unsaturated/α-hetero) is 2. The maximum absolute atomic E-state index is 13.9. The molecule has 2 unspecified atom stereocenters. The number of aliphatic hydroxyl groups is 1. The van der Waals surface area contributed by atoms with Crippen molar-refractivity contribution in [3.05, 3.63) is 131 Å². The summed E-state index contributed by atoms with van der Waals surface area (Å²) >= 11 is 0. The minimum atomic E-state index is -1.53. The molecule has 3 aromatic carbocycles. The van der Waals surface area contributed by atoms with Crippen LogP contribution in [-0.4, -0.2) is 16.7 Å². The van der Waals surface area contributed by atoms with Gasteiger partial charge in [0.2, 0.25) is 11.6 Å². The van der Waals surface area contributed by atoms with Crippen molar-refractivity contribution in [2.24, 2.45) is 0 Å². The van der Waals surface area contributed by atoms with E-state index in [4.69, 9.17) is 0 Å². The second-order valence-corrected chi connectivity index (χ2v) is 7.53. The number of benzene rings is 3. The quantitative estimate of drug-likeness (QED) is 0.460. The van der Waals surface area contributed by atoms with E-state index in [-0.39, 0.29) is 5.76 Å². The van der Waals surface area contributed by atoms with E-state index in [9.17, 15) is 14.7 Å². The normalized spacial score (nSPS) is 20.4. The number of carbonyl (C=O) groups is 2. The molecule has 0 aromatic heterocycles. The smallest absolute Gasteiger partial charge is 0.230 e. The van der Waals surface area contributed by atoms with Gasteiger partial charge in [-0.1, -0.05) is 103 Å². The Morgan fingerprint density at radius 2 is 1.53 bits per heavy atom. The van der Waals surface area contributed by atoms with E-state index >= 15 is 0 Å². The fourth-order valence-corrected chi connectivity index (χ4v) is 4.23. The van der Waals surface area contributed by atoms with Crippen LogP contribution in [-0.2, 0) is 10.2 Å². The Bertz CT molecular complexity index is 1140. The standard InChI is InChI=1S/C27H22O3/c1-19-10-8-13-21(18-19)23-16-9-17-24(28)27(23,22-14-6-3-7-15-22)26(30)25(29)20-11-4-2-5-12-20/h2-18,23,28H,1H3. The highest BCUT2D eigenvalue weighted by Gasteiger charge is 2.53. The molecule has 3 aromatic rings. The summed E-state index contributed by atoms with van der Waals surface area (Å²) in [4.78, 5) is 27.2. The highest BCUT2D eigenvalue weighted by Crippen LogP contribution is 2.48. The first-order valence-electron chi connectivity index (χ1n) is 9.89. The van der Waals surface area contributed by atoms with E-state index in [1.54, 1.807) is 48.5 Å². The Labute approximate surface area is 176 Å². The van der Waals surface area contributed by atoms with Crippen LogP contribution in [0, 0.1) is 6.92 Å². The van der Waals surface area contributed by atoms with E-state index in [2.05, 4.69) is 0 Å². The third kappa shape index (κ3) is 3.18. The lowest BCUT2D eigenvalue weighted by molar-refractivity contribution is -0.120. The molecule has 0 heterocycles. The van der Waals surface area contributed by atoms with Gasteiger partial charge in [-0.25, -0.2) is 0 Å². The molecule has 0 spiro atoms. The molecule has 30 heavy (non-hydrogen) atoms. The molecular weight excluding hydrogens is 372 g/mol. The van der Waals surface area contributed by atoms with Crippen molar-refractivity contribution in [3.8, 4) is 0 Å². The Kier molecular flexibility index (Phi) is 5.20. The number of allylic oxidation sites excluding steroid dienone is 4. The molecule has 148 valence electrons. The molecule has 0 amide bonds. The van der Waals surface area contributed by atoms with Crippen molar-refractivity contribution in [3.63, 3.8) is 0 Å². The van der Waals surface area contributed by atoms with Gasteiger partial charge < -0.3 is 5.11 Å². The number of aryl methyl sites for hydroxylation is 1. The molecule has 0 radical (unpaired) electrons. The first-order valence-corrected chi connectivity index (χ1v) is 9.89. The Morgan fingerprint density at radius 1 is 0.867 bits per heavy atom. The number of hydrogen-bond acceptors (Lipinski definition) is 3. The van der Waals surface area contributed by atoms with Crippen LogP contribution in [0.4, 0.5) is 0 Å². The first-order chi connectivity index (χ1) is 14.5. The number of hydrogen-bond donors (Lipinski definition) is 1. The third-order valence-corrected chi connectivity index (χ3v) is 5.66. The zero-order valence-electron chi connectivity index (χ0n) is 16.7. The van der Waals surface area contributed by atoms with Crippen molar-refractivity contribution >= 4 is 11.6 Å². The monoisotopic (exact) mass is 394 g/mol. The van der Waals surface area contributed by atoms with Crippen LogP contribution in [0.3, 0.4) is 0 Å². The largest absolute Gasteiger partial charge is 0.511 e.